The Morgan fingerprint density at radius 2 is 1.62 bits per heavy atom. The Kier molecular flexibility index (Phi) is 3.31. The van der Waals surface area contributed by atoms with Crippen LogP contribution < -0.4 is 0 Å². The fourth-order valence-corrected chi connectivity index (χ4v) is 2.15. The maximum atomic E-state index is 11.9. The van der Waals surface area contributed by atoms with Crippen molar-refractivity contribution in [3.05, 3.63) is 0 Å². The van der Waals surface area contributed by atoms with E-state index >= 15 is 0 Å². The van der Waals surface area contributed by atoms with Crippen LogP contribution in [-0.4, -0.2) is 55.1 Å². The van der Waals surface area contributed by atoms with E-state index in [2.05, 4.69) is 4.74 Å². The standard InChI is InChI=1S/C11H18N2O3/c1-16-11(15)13-7-5-12(6-8-13)10(14)9-3-2-4-9/h9H,2-8H2,1H3. The largest absolute Gasteiger partial charge is 0.453 e. The summed E-state index contributed by atoms with van der Waals surface area (Å²) in [6.45, 7) is 2.46. The molecule has 2 fully saturated rings. The molecule has 0 aromatic carbocycles. The van der Waals surface area contributed by atoms with Crippen molar-refractivity contribution < 1.29 is 14.3 Å². The zero-order chi connectivity index (χ0) is 11.5. The third kappa shape index (κ3) is 2.13. The lowest BCUT2D eigenvalue weighted by Crippen LogP contribution is -2.52. The molecule has 5 nitrogen and oxygen atoms in total. The van der Waals surface area contributed by atoms with Crippen molar-refractivity contribution in [3.63, 3.8) is 0 Å². The molecule has 2 amide bonds. The number of carbonyl (C=O) groups excluding carboxylic acids is 2. The van der Waals surface area contributed by atoms with Gasteiger partial charge >= 0.3 is 6.09 Å². The van der Waals surface area contributed by atoms with E-state index in [1.165, 1.54) is 13.5 Å². The SMILES string of the molecule is COC(=O)N1CCN(C(=O)C2CCC2)CC1. The second kappa shape index (κ2) is 4.72. The molecule has 1 aliphatic heterocycles. The predicted molar refractivity (Wildman–Crippen MR) is 57.9 cm³/mol. The van der Waals surface area contributed by atoms with Crippen LogP contribution in [0.2, 0.25) is 0 Å². The minimum atomic E-state index is -0.296. The number of hydrogen-bond acceptors (Lipinski definition) is 3. The molecule has 0 radical (unpaired) electrons. The zero-order valence-electron chi connectivity index (χ0n) is 9.65. The van der Waals surface area contributed by atoms with E-state index in [-0.39, 0.29) is 17.9 Å². The maximum Gasteiger partial charge on any atom is 0.409 e. The van der Waals surface area contributed by atoms with Crippen LogP contribution in [0.15, 0.2) is 0 Å². The highest BCUT2D eigenvalue weighted by Crippen LogP contribution is 2.28. The molecule has 0 spiro atoms. The van der Waals surface area contributed by atoms with Crippen LogP contribution in [0.3, 0.4) is 0 Å². The van der Waals surface area contributed by atoms with Gasteiger partial charge in [-0.15, -0.1) is 0 Å². The summed E-state index contributed by atoms with van der Waals surface area (Å²) in [5.41, 5.74) is 0. The monoisotopic (exact) mass is 226 g/mol. The molecule has 0 atom stereocenters. The fraction of sp³-hybridized carbons (Fsp3) is 0.818. The first-order valence-corrected chi connectivity index (χ1v) is 5.84. The van der Waals surface area contributed by atoms with Crippen molar-refractivity contribution in [1.29, 1.82) is 0 Å². The summed E-state index contributed by atoms with van der Waals surface area (Å²) < 4.78 is 4.65. The van der Waals surface area contributed by atoms with Crippen LogP contribution in [-0.2, 0) is 9.53 Å². The highest BCUT2D eigenvalue weighted by molar-refractivity contribution is 5.80. The van der Waals surface area contributed by atoms with Crippen LogP contribution in [0, 0.1) is 5.92 Å². The normalized spacial score (nSPS) is 21.6. The van der Waals surface area contributed by atoms with Crippen LogP contribution in [0.25, 0.3) is 0 Å². The minimum absolute atomic E-state index is 0.254. The molecule has 90 valence electrons. The van der Waals surface area contributed by atoms with Crippen molar-refractivity contribution in [2.45, 2.75) is 19.3 Å². The van der Waals surface area contributed by atoms with E-state index in [4.69, 9.17) is 0 Å². The number of amides is 2. The summed E-state index contributed by atoms with van der Waals surface area (Å²) in [5.74, 6) is 0.528. The molecule has 2 rings (SSSR count). The van der Waals surface area contributed by atoms with E-state index < -0.39 is 0 Å². The van der Waals surface area contributed by atoms with Gasteiger partial charge in [0.2, 0.25) is 5.91 Å². The molecule has 1 saturated heterocycles. The molecule has 1 heterocycles. The van der Waals surface area contributed by atoms with Gasteiger partial charge in [0.25, 0.3) is 0 Å². The van der Waals surface area contributed by atoms with Gasteiger partial charge in [0.05, 0.1) is 7.11 Å². The van der Waals surface area contributed by atoms with Crippen LogP contribution >= 0.6 is 0 Å². The summed E-state index contributed by atoms with van der Waals surface area (Å²) in [5, 5.41) is 0. The Morgan fingerprint density at radius 3 is 2.06 bits per heavy atom. The van der Waals surface area contributed by atoms with Gasteiger partial charge < -0.3 is 14.5 Å². The van der Waals surface area contributed by atoms with Gasteiger partial charge in [0.15, 0.2) is 0 Å². The van der Waals surface area contributed by atoms with E-state index in [0.717, 1.165) is 12.8 Å². The van der Waals surface area contributed by atoms with Gasteiger partial charge in [-0.05, 0) is 12.8 Å². The molecular weight excluding hydrogens is 208 g/mol. The number of hydrogen-bond donors (Lipinski definition) is 0. The summed E-state index contributed by atoms with van der Waals surface area (Å²) in [6.07, 6.45) is 2.96. The van der Waals surface area contributed by atoms with Gasteiger partial charge in [-0.1, -0.05) is 6.42 Å². The number of methoxy groups -OCH3 is 1. The number of nitrogens with zero attached hydrogens (tertiary/aromatic N) is 2. The Hall–Kier alpha value is -1.26. The van der Waals surface area contributed by atoms with E-state index in [1.807, 2.05) is 4.90 Å². The van der Waals surface area contributed by atoms with Crippen molar-refractivity contribution in [2.24, 2.45) is 5.92 Å². The highest BCUT2D eigenvalue weighted by Gasteiger charge is 2.32. The first kappa shape index (κ1) is 11.2. The van der Waals surface area contributed by atoms with Crippen molar-refractivity contribution in [3.8, 4) is 0 Å². The summed E-state index contributed by atoms with van der Waals surface area (Å²) in [7, 11) is 1.38. The second-order valence-corrected chi connectivity index (χ2v) is 4.41. The molecule has 5 heteroatoms. The Morgan fingerprint density at radius 1 is 1.06 bits per heavy atom. The third-order valence-electron chi connectivity index (χ3n) is 3.48. The lowest BCUT2D eigenvalue weighted by Gasteiger charge is -2.37. The molecule has 0 aromatic heterocycles. The van der Waals surface area contributed by atoms with Crippen molar-refractivity contribution >= 4 is 12.0 Å². The predicted octanol–water partition coefficient (Wildman–Crippen LogP) is 0.697. The molecule has 0 N–H and O–H groups in total. The van der Waals surface area contributed by atoms with Crippen molar-refractivity contribution in [2.75, 3.05) is 33.3 Å². The smallest absolute Gasteiger partial charge is 0.409 e. The number of ether oxygens (including phenoxy) is 1. The maximum absolute atomic E-state index is 11.9. The number of rotatable bonds is 1. The molecule has 16 heavy (non-hydrogen) atoms. The molecular formula is C11H18N2O3. The number of carbonyl (C=O) groups is 2. The summed E-state index contributed by atoms with van der Waals surface area (Å²) >= 11 is 0. The first-order chi connectivity index (χ1) is 7.72. The van der Waals surface area contributed by atoms with Gasteiger partial charge in [0, 0.05) is 32.1 Å². The molecule has 2 aliphatic rings. The Balaban J connectivity index is 1.80. The summed E-state index contributed by atoms with van der Waals surface area (Å²) in [4.78, 5) is 26.7. The zero-order valence-corrected chi connectivity index (χ0v) is 9.65. The van der Waals surface area contributed by atoms with Crippen LogP contribution in [0.5, 0.6) is 0 Å². The van der Waals surface area contributed by atoms with Crippen molar-refractivity contribution in [1.82, 2.24) is 9.80 Å². The highest BCUT2D eigenvalue weighted by atomic mass is 16.5. The third-order valence-corrected chi connectivity index (χ3v) is 3.48. The molecule has 1 saturated carbocycles. The van der Waals surface area contributed by atoms with E-state index in [9.17, 15) is 9.59 Å². The van der Waals surface area contributed by atoms with E-state index in [1.54, 1.807) is 4.90 Å². The van der Waals surface area contributed by atoms with Gasteiger partial charge in [-0.25, -0.2) is 4.79 Å². The average Bonchev–Trinajstić information content (AvgIpc) is 2.26. The quantitative estimate of drug-likeness (QED) is 0.661. The second-order valence-electron chi connectivity index (χ2n) is 4.41. The lowest BCUT2D eigenvalue weighted by atomic mass is 9.84. The molecule has 0 bridgehead atoms. The van der Waals surface area contributed by atoms with Gasteiger partial charge in [-0.2, -0.15) is 0 Å². The molecule has 1 aliphatic carbocycles. The first-order valence-electron chi connectivity index (χ1n) is 5.84. The minimum Gasteiger partial charge on any atom is -0.453 e. The van der Waals surface area contributed by atoms with Crippen LogP contribution in [0.1, 0.15) is 19.3 Å². The lowest BCUT2D eigenvalue weighted by molar-refractivity contribution is -0.139. The number of piperazine rings is 1. The Bertz CT molecular complexity index is 281. The van der Waals surface area contributed by atoms with Gasteiger partial charge in [-0.3, -0.25) is 4.79 Å². The average molecular weight is 226 g/mol. The van der Waals surface area contributed by atoms with Crippen LogP contribution in [0.4, 0.5) is 4.79 Å². The topological polar surface area (TPSA) is 49.9 Å². The summed E-state index contributed by atoms with van der Waals surface area (Å²) in [6, 6.07) is 0. The fourth-order valence-electron chi connectivity index (χ4n) is 2.15. The van der Waals surface area contributed by atoms with Gasteiger partial charge in [0.1, 0.15) is 0 Å². The van der Waals surface area contributed by atoms with E-state index in [0.29, 0.717) is 26.2 Å². The Labute approximate surface area is 95.3 Å². The molecule has 0 aromatic rings. The molecule has 0 unspecified atom stereocenters.